The van der Waals surface area contributed by atoms with Crippen LogP contribution in [0.1, 0.15) is 25.0 Å². The van der Waals surface area contributed by atoms with Crippen molar-refractivity contribution in [1.82, 2.24) is 4.90 Å². The Kier molecular flexibility index (Phi) is 7.91. The smallest absolute Gasteiger partial charge is 0.262 e. The number of thiocarbonyl (C=S) groups is 1. The zero-order valence-electron chi connectivity index (χ0n) is 18.1. The highest BCUT2D eigenvalue weighted by atomic mass is 79.9. The van der Waals surface area contributed by atoms with Gasteiger partial charge in [-0.05, 0) is 60.5 Å². The Balaban J connectivity index is 1.71. The highest BCUT2D eigenvalue weighted by Gasteiger charge is 2.25. The molecular weight excluding hydrogens is 480 g/mol. The molecule has 0 aromatic heterocycles. The fraction of sp³-hybridized carbons (Fsp3) is 0.391. The lowest BCUT2D eigenvalue weighted by Gasteiger charge is -2.37. The maximum Gasteiger partial charge on any atom is 0.262 e. The first-order valence-corrected chi connectivity index (χ1v) is 11.3. The number of amides is 1. The van der Waals surface area contributed by atoms with E-state index in [1.807, 2.05) is 57.2 Å². The number of morpholine rings is 1. The Bertz CT molecular complexity index is 959. The Morgan fingerprint density at radius 2 is 1.94 bits per heavy atom. The highest BCUT2D eigenvalue weighted by molar-refractivity contribution is 9.10. The number of benzene rings is 2. The lowest BCUT2D eigenvalue weighted by atomic mass is 10.1. The summed E-state index contributed by atoms with van der Waals surface area (Å²) in [7, 11) is 1.56. The molecule has 6 nitrogen and oxygen atoms in total. The molecule has 0 bridgehead atoms. The number of aryl methyl sites for hydroxylation is 1. The van der Waals surface area contributed by atoms with Gasteiger partial charge in [0.25, 0.3) is 5.91 Å². The summed E-state index contributed by atoms with van der Waals surface area (Å²) >= 11 is 9.28. The molecule has 1 fully saturated rings. The Morgan fingerprint density at radius 3 is 2.58 bits per heavy atom. The SMILES string of the molecule is COc1cc(C(=S)N2C[C@@H](C)O[C@H](C)C2)cc(Br)c1OCC(=O)Nc1ccccc1C. The van der Waals surface area contributed by atoms with Crippen molar-refractivity contribution in [1.29, 1.82) is 0 Å². The molecule has 1 saturated heterocycles. The predicted octanol–water partition coefficient (Wildman–Crippen LogP) is 4.57. The number of para-hydroxylation sites is 1. The molecule has 1 heterocycles. The molecule has 0 spiro atoms. The molecule has 0 unspecified atom stereocenters. The topological polar surface area (TPSA) is 60.0 Å². The second-order valence-electron chi connectivity index (χ2n) is 7.61. The molecule has 3 rings (SSSR count). The molecular formula is C23H27BrN2O4S. The van der Waals surface area contributed by atoms with E-state index in [1.54, 1.807) is 7.11 Å². The van der Waals surface area contributed by atoms with E-state index in [9.17, 15) is 4.79 Å². The van der Waals surface area contributed by atoms with E-state index in [0.29, 0.717) is 16.0 Å². The molecule has 1 N–H and O–H groups in total. The van der Waals surface area contributed by atoms with Gasteiger partial charge in [-0.15, -0.1) is 0 Å². The van der Waals surface area contributed by atoms with Crippen LogP contribution in [0.15, 0.2) is 40.9 Å². The molecule has 0 saturated carbocycles. The molecule has 31 heavy (non-hydrogen) atoms. The van der Waals surface area contributed by atoms with Crippen LogP contribution < -0.4 is 14.8 Å². The van der Waals surface area contributed by atoms with Gasteiger partial charge in [-0.2, -0.15) is 0 Å². The number of hydrogen-bond acceptors (Lipinski definition) is 5. The van der Waals surface area contributed by atoms with Gasteiger partial charge in [0.15, 0.2) is 18.1 Å². The van der Waals surface area contributed by atoms with Crippen LogP contribution in [0.5, 0.6) is 11.5 Å². The summed E-state index contributed by atoms with van der Waals surface area (Å²) in [4.78, 5) is 15.2. The standard InChI is InChI=1S/C23H27BrN2O4S/c1-14-7-5-6-8-19(14)25-21(27)13-29-22-18(24)9-17(10-20(22)28-4)23(31)26-11-15(2)30-16(3)12-26/h5-10,15-16H,11-13H2,1-4H3,(H,25,27)/t15-,16-/m1/s1. The molecule has 1 amide bonds. The van der Waals surface area contributed by atoms with Gasteiger partial charge >= 0.3 is 0 Å². The zero-order valence-corrected chi connectivity index (χ0v) is 20.5. The van der Waals surface area contributed by atoms with Gasteiger partial charge in [-0.25, -0.2) is 0 Å². The van der Waals surface area contributed by atoms with E-state index in [0.717, 1.165) is 34.9 Å². The van der Waals surface area contributed by atoms with Crippen molar-refractivity contribution in [3.8, 4) is 11.5 Å². The largest absolute Gasteiger partial charge is 0.493 e. The summed E-state index contributed by atoms with van der Waals surface area (Å²) in [5.74, 6) is 0.710. The van der Waals surface area contributed by atoms with Gasteiger partial charge in [-0.3, -0.25) is 4.79 Å². The summed E-state index contributed by atoms with van der Waals surface area (Å²) in [5, 5.41) is 2.86. The summed E-state index contributed by atoms with van der Waals surface area (Å²) in [6.07, 6.45) is 0.225. The van der Waals surface area contributed by atoms with Crippen LogP contribution >= 0.6 is 28.1 Å². The normalized spacial score (nSPS) is 18.4. The summed E-state index contributed by atoms with van der Waals surface area (Å²) in [6.45, 7) is 7.35. The molecule has 1 aliphatic heterocycles. The Hall–Kier alpha value is -2.16. The van der Waals surface area contributed by atoms with E-state index in [4.69, 9.17) is 26.4 Å². The van der Waals surface area contributed by atoms with Crippen molar-refractivity contribution >= 4 is 44.7 Å². The molecule has 0 aliphatic carbocycles. The predicted molar refractivity (Wildman–Crippen MR) is 129 cm³/mol. The molecule has 1 aliphatic rings. The fourth-order valence-corrected chi connectivity index (χ4v) is 4.37. The van der Waals surface area contributed by atoms with E-state index in [-0.39, 0.29) is 24.7 Å². The van der Waals surface area contributed by atoms with Gasteiger partial charge in [0.2, 0.25) is 0 Å². The summed E-state index contributed by atoms with van der Waals surface area (Å²) in [6, 6.07) is 11.3. The third-order valence-corrected chi connectivity index (χ3v) is 6.03. The fourth-order valence-electron chi connectivity index (χ4n) is 3.55. The molecule has 0 radical (unpaired) electrons. The van der Waals surface area contributed by atoms with Crippen LogP contribution in [-0.2, 0) is 9.53 Å². The van der Waals surface area contributed by atoms with E-state index in [1.165, 1.54) is 0 Å². The van der Waals surface area contributed by atoms with Crippen molar-refractivity contribution in [3.63, 3.8) is 0 Å². The van der Waals surface area contributed by atoms with E-state index < -0.39 is 0 Å². The summed E-state index contributed by atoms with van der Waals surface area (Å²) in [5.41, 5.74) is 2.59. The van der Waals surface area contributed by atoms with Gasteiger partial charge in [0, 0.05) is 24.3 Å². The minimum absolute atomic E-state index is 0.112. The van der Waals surface area contributed by atoms with Crippen molar-refractivity contribution < 1.29 is 19.0 Å². The monoisotopic (exact) mass is 506 g/mol. The van der Waals surface area contributed by atoms with Crippen LogP contribution in [0.25, 0.3) is 0 Å². The lowest BCUT2D eigenvalue weighted by molar-refractivity contribution is -0.118. The molecule has 2 aromatic rings. The zero-order chi connectivity index (χ0) is 22.5. The molecule has 2 atom stereocenters. The number of carbonyl (C=O) groups is 1. The minimum atomic E-state index is -0.251. The van der Waals surface area contributed by atoms with Crippen molar-refractivity contribution in [2.24, 2.45) is 0 Å². The van der Waals surface area contributed by atoms with Gasteiger partial charge in [0.05, 0.1) is 23.8 Å². The third-order valence-electron chi connectivity index (χ3n) is 4.95. The van der Waals surface area contributed by atoms with Gasteiger partial charge < -0.3 is 24.4 Å². The maximum absolute atomic E-state index is 12.4. The van der Waals surface area contributed by atoms with Gasteiger partial charge in [0.1, 0.15) is 4.99 Å². The van der Waals surface area contributed by atoms with Crippen LogP contribution in [0, 0.1) is 6.92 Å². The number of halogens is 1. The van der Waals surface area contributed by atoms with Crippen LogP contribution in [0.3, 0.4) is 0 Å². The Morgan fingerprint density at radius 1 is 1.26 bits per heavy atom. The minimum Gasteiger partial charge on any atom is -0.493 e. The van der Waals surface area contributed by atoms with Crippen LogP contribution in [-0.4, -0.2) is 54.8 Å². The van der Waals surface area contributed by atoms with Crippen LogP contribution in [0.4, 0.5) is 5.69 Å². The second kappa shape index (κ2) is 10.4. The second-order valence-corrected chi connectivity index (χ2v) is 8.85. The maximum atomic E-state index is 12.4. The number of nitrogens with one attached hydrogen (secondary N) is 1. The third kappa shape index (κ3) is 5.96. The number of ether oxygens (including phenoxy) is 3. The van der Waals surface area contributed by atoms with E-state index >= 15 is 0 Å². The van der Waals surface area contributed by atoms with Crippen molar-refractivity contribution in [2.75, 3.05) is 32.1 Å². The first-order chi connectivity index (χ1) is 14.8. The first-order valence-electron chi connectivity index (χ1n) is 10.1. The molecule has 2 aromatic carbocycles. The average Bonchev–Trinajstić information content (AvgIpc) is 2.72. The Labute approximate surface area is 197 Å². The van der Waals surface area contributed by atoms with Crippen molar-refractivity contribution in [2.45, 2.75) is 33.0 Å². The highest BCUT2D eigenvalue weighted by Crippen LogP contribution is 2.37. The number of rotatable bonds is 6. The molecule has 166 valence electrons. The molecule has 8 heteroatoms. The number of anilines is 1. The number of nitrogens with zero attached hydrogens (tertiary/aromatic N) is 1. The lowest BCUT2D eigenvalue weighted by Crippen LogP contribution is -2.47. The summed E-state index contributed by atoms with van der Waals surface area (Å²) < 4.78 is 17.8. The quantitative estimate of drug-likeness (QED) is 0.579. The average molecular weight is 507 g/mol. The van der Waals surface area contributed by atoms with Gasteiger partial charge in [-0.1, -0.05) is 30.4 Å². The number of hydrogen-bond donors (Lipinski definition) is 1. The van der Waals surface area contributed by atoms with E-state index in [2.05, 4.69) is 26.1 Å². The van der Waals surface area contributed by atoms with Crippen molar-refractivity contribution in [3.05, 3.63) is 52.0 Å². The first kappa shape index (κ1) is 23.5. The van der Waals surface area contributed by atoms with Crippen LogP contribution in [0.2, 0.25) is 0 Å². The number of carbonyl (C=O) groups excluding carboxylic acids is 1. The number of methoxy groups -OCH3 is 1.